The maximum absolute atomic E-state index is 11.3. The van der Waals surface area contributed by atoms with Gasteiger partial charge in [0.15, 0.2) is 5.96 Å². The van der Waals surface area contributed by atoms with Crippen LogP contribution in [0.3, 0.4) is 0 Å². The summed E-state index contributed by atoms with van der Waals surface area (Å²) in [7, 11) is -1.42. The molecule has 3 N–H and O–H groups in total. The Bertz CT molecular complexity index is 647. The number of rotatable bonds is 10. The molecule has 1 aromatic carbocycles. The Morgan fingerprint density at radius 1 is 1.24 bits per heavy atom. The van der Waals surface area contributed by atoms with E-state index < -0.39 is 10.0 Å². The topological polar surface area (TPSA) is 91.8 Å². The van der Waals surface area contributed by atoms with Gasteiger partial charge >= 0.3 is 0 Å². The fraction of sp³-hybridized carbons (Fsp3) is 0.588. The van der Waals surface area contributed by atoms with E-state index in [1.807, 2.05) is 38.1 Å². The standard InChI is InChI=1S/C17H30N4O3S/c1-5-25(22,23)21-12-8-11-19-17(18-4)20-13-15(3)24-16-10-7-6-9-14(16)2/h6-7,9-10,15,21H,5,8,11-13H2,1-4H3,(H2,18,19,20). The molecule has 0 saturated heterocycles. The Labute approximate surface area is 151 Å². The largest absolute Gasteiger partial charge is 0.489 e. The van der Waals surface area contributed by atoms with Gasteiger partial charge in [-0.05, 0) is 38.8 Å². The zero-order chi connectivity index (χ0) is 18.7. The first-order valence-electron chi connectivity index (χ1n) is 8.52. The van der Waals surface area contributed by atoms with Gasteiger partial charge in [0.2, 0.25) is 10.0 Å². The van der Waals surface area contributed by atoms with Gasteiger partial charge < -0.3 is 15.4 Å². The molecule has 0 aliphatic carbocycles. The van der Waals surface area contributed by atoms with Crippen LogP contribution in [0.15, 0.2) is 29.3 Å². The number of nitrogens with zero attached hydrogens (tertiary/aromatic N) is 1. The number of hydrogen-bond donors (Lipinski definition) is 3. The van der Waals surface area contributed by atoms with Gasteiger partial charge in [-0.3, -0.25) is 4.99 Å². The molecule has 1 atom stereocenters. The van der Waals surface area contributed by atoms with E-state index in [1.165, 1.54) is 0 Å². The van der Waals surface area contributed by atoms with Gasteiger partial charge in [-0.25, -0.2) is 13.1 Å². The molecule has 0 heterocycles. The number of sulfonamides is 1. The summed E-state index contributed by atoms with van der Waals surface area (Å²) < 4.78 is 31.1. The number of para-hydroxylation sites is 1. The smallest absolute Gasteiger partial charge is 0.211 e. The van der Waals surface area contributed by atoms with Crippen molar-refractivity contribution in [2.24, 2.45) is 4.99 Å². The minimum absolute atomic E-state index is 0.0176. The van der Waals surface area contributed by atoms with Crippen molar-refractivity contribution in [3.8, 4) is 5.75 Å². The van der Waals surface area contributed by atoms with Gasteiger partial charge in [0, 0.05) is 20.1 Å². The molecule has 0 spiro atoms. The van der Waals surface area contributed by atoms with Crippen molar-refractivity contribution in [1.29, 1.82) is 0 Å². The van der Waals surface area contributed by atoms with Crippen molar-refractivity contribution in [3.63, 3.8) is 0 Å². The van der Waals surface area contributed by atoms with E-state index in [0.717, 1.165) is 11.3 Å². The van der Waals surface area contributed by atoms with E-state index in [0.29, 0.717) is 32.0 Å². The fourth-order valence-electron chi connectivity index (χ4n) is 2.03. The summed E-state index contributed by atoms with van der Waals surface area (Å²) in [4.78, 5) is 4.15. The highest BCUT2D eigenvalue weighted by Crippen LogP contribution is 2.17. The van der Waals surface area contributed by atoms with Crippen LogP contribution in [0.4, 0.5) is 0 Å². The minimum atomic E-state index is -3.12. The van der Waals surface area contributed by atoms with Crippen LogP contribution in [0, 0.1) is 6.92 Å². The summed E-state index contributed by atoms with van der Waals surface area (Å²) in [6.45, 7) is 7.27. The minimum Gasteiger partial charge on any atom is -0.489 e. The molecule has 0 aliphatic heterocycles. The van der Waals surface area contributed by atoms with Gasteiger partial charge in [-0.2, -0.15) is 0 Å². The molecule has 0 aromatic heterocycles. The van der Waals surface area contributed by atoms with Gasteiger partial charge in [0.1, 0.15) is 11.9 Å². The zero-order valence-electron chi connectivity index (χ0n) is 15.5. The Kier molecular flexibility index (Phi) is 9.30. The van der Waals surface area contributed by atoms with Crippen LogP contribution in [0.25, 0.3) is 0 Å². The van der Waals surface area contributed by atoms with E-state index in [2.05, 4.69) is 20.3 Å². The lowest BCUT2D eigenvalue weighted by Gasteiger charge is -2.18. The lowest BCUT2D eigenvalue weighted by atomic mass is 10.2. The van der Waals surface area contributed by atoms with Gasteiger partial charge in [0.25, 0.3) is 0 Å². The lowest BCUT2D eigenvalue weighted by molar-refractivity contribution is 0.222. The Balaban J connectivity index is 2.26. The Hall–Kier alpha value is -1.80. The molecule has 0 aliphatic rings. The lowest BCUT2D eigenvalue weighted by Crippen LogP contribution is -2.42. The molecule has 1 unspecified atom stereocenters. The first kappa shape index (κ1) is 21.2. The van der Waals surface area contributed by atoms with E-state index in [4.69, 9.17) is 4.74 Å². The second-order valence-electron chi connectivity index (χ2n) is 5.73. The monoisotopic (exact) mass is 370 g/mol. The third-order valence-electron chi connectivity index (χ3n) is 3.55. The number of aryl methyl sites for hydroxylation is 1. The van der Waals surface area contributed by atoms with Crippen molar-refractivity contribution >= 4 is 16.0 Å². The molecule has 0 amide bonds. The van der Waals surface area contributed by atoms with Crippen molar-refractivity contribution < 1.29 is 13.2 Å². The summed E-state index contributed by atoms with van der Waals surface area (Å²) in [5.74, 6) is 1.64. The fourth-order valence-corrected chi connectivity index (χ4v) is 2.69. The highest BCUT2D eigenvalue weighted by molar-refractivity contribution is 7.89. The molecule has 142 valence electrons. The predicted molar refractivity (Wildman–Crippen MR) is 103 cm³/mol. The molecule has 1 aromatic rings. The van der Waals surface area contributed by atoms with Gasteiger partial charge in [-0.1, -0.05) is 18.2 Å². The quantitative estimate of drug-likeness (QED) is 0.328. The van der Waals surface area contributed by atoms with Crippen LogP contribution in [0.1, 0.15) is 25.8 Å². The first-order valence-corrected chi connectivity index (χ1v) is 10.2. The number of benzene rings is 1. The molecule has 0 bridgehead atoms. The average Bonchev–Trinajstić information content (AvgIpc) is 2.59. The highest BCUT2D eigenvalue weighted by Gasteiger charge is 2.08. The van der Waals surface area contributed by atoms with Crippen molar-refractivity contribution in [1.82, 2.24) is 15.4 Å². The van der Waals surface area contributed by atoms with Crippen molar-refractivity contribution in [2.75, 3.05) is 32.4 Å². The van der Waals surface area contributed by atoms with Crippen LogP contribution < -0.4 is 20.1 Å². The maximum atomic E-state index is 11.3. The van der Waals surface area contributed by atoms with E-state index in [-0.39, 0.29) is 11.9 Å². The predicted octanol–water partition coefficient (Wildman–Crippen LogP) is 1.26. The summed E-state index contributed by atoms with van der Waals surface area (Å²) >= 11 is 0. The van der Waals surface area contributed by atoms with E-state index >= 15 is 0 Å². The van der Waals surface area contributed by atoms with Crippen LogP contribution in [-0.2, 0) is 10.0 Å². The van der Waals surface area contributed by atoms with Crippen molar-refractivity contribution in [2.45, 2.75) is 33.3 Å². The highest BCUT2D eigenvalue weighted by atomic mass is 32.2. The average molecular weight is 371 g/mol. The molecular weight excluding hydrogens is 340 g/mol. The summed E-state index contributed by atoms with van der Waals surface area (Å²) in [6.07, 6.45) is 0.658. The summed E-state index contributed by atoms with van der Waals surface area (Å²) in [5, 5.41) is 6.36. The summed E-state index contributed by atoms with van der Waals surface area (Å²) in [5.41, 5.74) is 1.10. The molecule has 1 rings (SSSR count). The van der Waals surface area contributed by atoms with Crippen LogP contribution >= 0.6 is 0 Å². The molecule has 25 heavy (non-hydrogen) atoms. The number of guanidine groups is 1. The van der Waals surface area contributed by atoms with Gasteiger partial charge in [-0.15, -0.1) is 0 Å². The molecule has 7 nitrogen and oxygen atoms in total. The third-order valence-corrected chi connectivity index (χ3v) is 4.95. The van der Waals surface area contributed by atoms with Crippen LogP contribution in [0.5, 0.6) is 5.75 Å². The van der Waals surface area contributed by atoms with Gasteiger partial charge in [0.05, 0.1) is 12.3 Å². The number of ether oxygens (including phenoxy) is 1. The Morgan fingerprint density at radius 3 is 2.60 bits per heavy atom. The second-order valence-corrected chi connectivity index (χ2v) is 7.82. The van der Waals surface area contributed by atoms with E-state index in [1.54, 1.807) is 14.0 Å². The number of aliphatic imine (C=N–C) groups is 1. The van der Waals surface area contributed by atoms with Crippen LogP contribution in [0.2, 0.25) is 0 Å². The van der Waals surface area contributed by atoms with Crippen LogP contribution in [-0.4, -0.2) is 52.9 Å². The zero-order valence-corrected chi connectivity index (χ0v) is 16.3. The maximum Gasteiger partial charge on any atom is 0.211 e. The SMILES string of the molecule is CCS(=O)(=O)NCCCNC(=NC)NCC(C)Oc1ccccc1C. The molecule has 0 fully saturated rings. The number of nitrogens with one attached hydrogen (secondary N) is 3. The second kappa shape index (κ2) is 10.9. The number of hydrogen-bond acceptors (Lipinski definition) is 4. The Morgan fingerprint density at radius 2 is 1.96 bits per heavy atom. The first-order chi connectivity index (χ1) is 11.9. The summed E-state index contributed by atoms with van der Waals surface area (Å²) in [6, 6.07) is 7.91. The molecule has 8 heteroatoms. The van der Waals surface area contributed by atoms with Crippen molar-refractivity contribution in [3.05, 3.63) is 29.8 Å². The normalized spacial score (nSPS) is 13.4. The third kappa shape index (κ3) is 8.74. The molecule has 0 radical (unpaired) electrons. The molecular formula is C17H30N4O3S. The van der Waals surface area contributed by atoms with E-state index in [9.17, 15) is 8.42 Å². The molecule has 0 saturated carbocycles.